The standard InChI is InChI=1S/C15H11BrF2O2/c1-8-3-6-12(20-2)10(7-8)15(19)9-4-5-11(17)14(18)13(9)16/h3-7H,1-2H3. The molecule has 0 saturated heterocycles. The van der Waals surface area contributed by atoms with E-state index in [1.165, 1.54) is 13.2 Å². The topological polar surface area (TPSA) is 26.3 Å². The van der Waals surface area contributed by atoms with Gasteiger partial charge in [-0.3, -0.25) is 4.79 Å². The predicted molar refractivity (Wildman–Crippen MR) is 75.2 cm³/mol. The Labute approximate surface area is 123 Å². The van der Waals surface area contributed by atoms with E-state index in [9.17, 15) is 13.6 Å². The number of hydrogen-bond acceptors (Lipinski definition) is 2. The molecule has 0 fully saturated rings. The van der Waals surface area contributed by atoms with E-state index in [0.29, 0.717) is 11.3 Å². The molecule has 0 heterocycles. The summed E-state index contributed by atoms with van der Waals surface area (Å²) in [5.74, 6) is -2.14. The SMILES string of the molecule is COc1ccc(C)cc1C(=O)c1ccc(F)c(F)c1Br. The molecule has 0 aliphatic heterocycles. The first-order valence-corrected chi connectivity index (χ1v) is 6.58. The van der Waals surface area contributed by atoms with Gasteiger partial charge in [-0.1, -0.05) is 11.6 Å². The first-order valence-electron chi connectivity index (χ1n) is 5.78. The largest absolute Gasteiger partial charge is 0.496 e. The fourth-order valence-electron chi connectivity index (χ4n) is 1.85. The molecule has 0 bridgehead atoms. The van der Waals surface area contributed by atoms with E-state index >= 15 is 0 Å². The second kappa shape index (κ2) is 5.71. The molecule has 0 aliphatic carbocycles. The minimum absolute atomic E-state index is 0.0489. The third kappa shape index (κ3) is 2.58. The molecule has 0 amide bonds. The number of ketones is 1. The van der Waals surface area contributed by atoms with Crippen LogP contribution in [-0.2, 0) is 0 Å². The van der Waals surface area contributed by atoms with Crippen LogP contribution in [0.25, 0.3) is 0 Å². The normalized spacial score (nSPS) is 10.4. The van der Waals surface area contributed by atoms with Crippen LogP contribution in [0.5, 0.6) is 5.75 Å². The van der Waals surface area contributed by atoms with E-state index in [2.05, 4.69) is 15.9 Å². The average molecular weight is 341 g/mol. The highest BCUT2D eigenvalue weighted by Crippen LogP contribution is 2.28. The Morgan fingerprint density at radius 2 is 1.85 bits per heavy atom. The van der Waals surface area contributed by atoms with Gasteiger partial charge in [-0.25, -0.2) is 8.78 Å². The van der Waals surface area contributed by atoms with Gasteiger partial charge in [0.25, 0.3) is 0 Å². The van der Waals surface area contributed by atoms with Crippen molar-refractivity contribution in [2.75, 3.05) is 7.11 Å². The number of hydrogen-bond donors (Lipinski definition) is 0. The van der Waals surface area contributed by atoms with Gasteiger partial charge in [-0.05, 0) is 47.1 Å². The highest BCUT2D eigenvalue weighted by Gasteiger charge is 2.20. The first kappa shape index (κ1) is 14.7. The van der Waals surface area contributed by atoms with Crippen molar-refractivity contribution in [2.24, 2.45) is 0 Å². The van der Waals surface area contributed by atoms with Gasteiger partial charge in [-0.15, -0.1) is 0 Å². The van der Waals surface area contributed by atoms with Crippen LogP contribution in [0.2, 0.25) is 0 Å². The van der Waals surface area contributed by atoms with E-state index in [1.54, 1.807) is 18.2 Å². The molecule has 2 aromatic rings. The van der Waals surface area contributed by atoms with Gasteiger partial charge in [0, 0.05) is 5.56 Å². The molecule has 0 N–H and O–H groups in total. The lowest BCUT2D eigenvalue weighted by molar-refractivity contribution is 0.103. The smallest absolute Gasteiger partial charge is 0.198 e. The quantitative estimate of drug-likeness (QED) is 0.615. The lowest BCUT2D eigenvalue weighted by Gasteiger charge is -2.10. The number of carbonyl (C=O) groups excluding carboxylic acids is 1. The van der Waals surface area contributed by atoms with Crippen molar-refractivity contribution < 1.29 is 18.3 Å². The van der Waals surface area contributed by atoms with E-state index in [0.717, 1.165) is 11.6 Å². The zero-order valence-electron chi connectivity index (χ0n) is 10.8. The third-order valence-corrected chi connectivity index (χ3v) is 3.65. The Morgan fingerprint density at radius 3 is 2.50 bits per heavy atom. The Hall–Kier alpha value is -1.75. The van der Waals surface area contributed by atoms with Crippen molar-refractivity contribution in [3.05, 3.63) is 63.1 Å². The number of carbonyl (C=O) groups is 1. The van der Waals surface area contributed by atoms with Gasteiger partial charge in [0.15, 0.2) is 17.4 Å². The summed E-state index contributed by atoms with van der Waals surface area (Å²) in [4.78, 5) is 12.5. The number of aryl methyl sites for hydroxylation is 1. The predicted octanol–water partition coefficient (Wildman–Crippen LogP) is 4.28. The Bertz CT molecular complexity index is 684. The first-order chi connectivity index (χ1) is 9.45. The van der Waals surface area contributed by atoms with Crippen LogP contribution in [0.15, 0.2) is 34.8 Å². The van der Waals surface area contributed by atoms with Crippen LogP contribution in [0.3, 0.4) is 0 Å². The van der Waals surface area contributed by atoms with Crippen LogP contribution in [0.4, 0.5) is 8.78 Å². The molecule has 0 atom stereocenters. The maximum Gasteiger partial charge on any atom is 0.198 e. The van der Waals surface area contributed by atoms with Crippen LogP contribution in [0.1, 0.15) is 21.5 Å². The second-order valence-corrected chi connectivity index (χ2v) is 5.05. The van der Waals surface area contributed by atoms with Gasteiger partial charge in [0.05, 0.1) is 17.1 Å². The van der Waals surface area contributed by atoms with Crippen LogP contribution in [0, 0.1) is 18.6 Å². The molecule has 20 heavy (non-hydrogen) atoms. The van der Waals surface area contributed by atoms with E-state index in [4.69, 9.17) is 4.74 Å². The van der Waals surface area contributed by atoms with Gasteiger partial charge in [-0.2, -0.15) is 0 Å². The lowest BCUT2D eigenvalue weighted by atomic mass is 10.0. The number of halogens is 3. The maximum absolute atomic E-state index is 13.5. The van der Waals surface area contributed by atoms with Gasteiger partial charge in [0.1, 0.15) is 5.75 Å². The molecule has 0 unspecified atom stereocenters. The molecule has 0 radical (unpaired) electrons. The lowest BCUT2D eigenvalue weighted by Crippen LogP contribution is -2.07. The van der Waals surface area contributed by atoms with Crippen molar-refractivity contribution in [1.29, 1.82) is 0 Å². The number of rotatable bonds is 3. The molecule has 2 aromatic carbocycles. The number of methoxy groups -OCH3 is 1. The summed E-state index contributed by atoms with van der Waals surface area (Å²) < 4.78 is 31.6. The fourth-order valence-corrected chi connectivity index (χ4v) is 2.35. The summed E-state index contributed by atoms with van der Waals surface area (Å²) in [7, 11) is 1.45. The van der Waals surface area contributed by atoms with Crippen molar-refractivity contribution >= 4 is 21.7 Å². The summed E-state index contributed by atoms with van der Waals surface area (Å²) in [5, 5.41) is 0. The summed E-state index contributed by atoms with van der Waals surface area (Å²) >= 11 is 2.92. The molecule has 5 heteroatoms. The molecule has 2 rings (SSSR count). The van der Waals surface area contributed by atoms with E-state index < -0.39 is 17.4 Å². The number of ether oxygens (including phenoxy) is 1. The molecular formula is C15H11BrF2O2. The third-order valence-electron chi connectivity index (χ3n) is 2.88. The van der Waals surface area contributed by atoms with Crippen molar-refractivity contribution in [3.8, 4) is 5.75 Å². The molecule has 104 valence electrons. The highest BCUT2D eigenvalue weighted by molar-refractivity contribution is 9.10. The molecule has 0 aliphatic rings. The molecule has 0 spiro atoms. The van der Waals surface area contributed by atoms with Gasteiger partial charge < -0.3 is 4.74 Å². The minimum atomic E-state index is -1.08. The summed E-state index contributed by atoms with van der Waals surface area (Å²) in [6.45, 7) is 1.83. The van der Waals surface area contributed by atoms with Gasteiger partial charge in [0.2, 0.25) is 0 Å². The molecule has 2 nitrogen and oxygen atoms in total. The maximum atomic E-state index is 13.5. The van der Waals surface area contributed by atoms with Crippen LogP contribution >= 0.6 is 15.9 Å². The van der Waals surface area contributed by atoms with Crippen molar-refractivity contribution in [2.45, 2.75) is 6.92 Å². The second-order valence-electron chi connectivity index (χ2n) is 4.26. The number of benzene rings is 2. The van der Waals surface area contributed by atoms with Crippen LogP contribution < -0.4 is 4.74 Å². The molecular weight excluding hydrogens is 330 g/mol. The monoisotopic (exact) mass is 340 g/mol. The zero-order valence-corrected chi connectivity index (χ0v) is 12.4. The summed E-state index contributed by atoms with van der Waals surface area (Å²) in [5.41, 5.74) is 1.22. The van der Waals surface area contributed by atoms with Crippen LogP contribution in [-0.4, -0.2) is 12.9 Å². The molecule has 0 aromatic heterocycles. The van der Waals surface area contributed by atoms with Gasteiger partial charge >= 0.3 is 0 Å². The van der Waals surface area contributed by atoms with E-state index in [1.807, 2.05) is 6.92 Å². The van der Waals surface area contributed by atoms with Crippen molar-refractivity contribution in [1.82, 2.24) is 0 Å². The molecule has 0 saturated carbocycles. The fraction of sp³-hybridized carbons (Fsp3) is 0.133. The Morgan fingerprint density at radius 1 is 1.15 bits per heavy atom. The average Bonchev–Trinajstić information content (AvgIpc) is 2.44. The Balaban J connectivity index is 2.57. The van der Waals surface area contributed by atoms with E-state index in [-0.39, 0.29) is 10.0 Å². The zero-order chi connectivity index (χ0) is 14.9. The highest BCUT2D eigenvalue weighted by atomic mass is 79.9. The van der Waals surface area contributed by atoms with Crippen molar-refractivity contribution in [3.63, 3.8) is 0 Å². The Kier molecular flexibility index (Phi) is 4.18. The minimum Gasteiger partial charge on any atom is -0.496 e. The summed E-state index contributed by atoms with van der Waals surface area (Å²) in [6, 6.07) is 7.28. The summed E-state index contributed by atoms with van der Waals surface area (Å²) in [6.07, 6.45) is 0.